The molecule has 1 aromatic carbocycles. The van der Waals surface area contributed by atoms with Crippen molar-refractivity contribution >= 4 is 16.6 Å². The summed E-state index contributed by atoms with van der Waals surface area (Å²) in [6, 6.07) is 4.56. The number of aryl methyl sites for hydroxylation is 1. The van der Waals surface area contributed by atoms with Crippen LogP contribution in [0, 0.1) is 13.8 Å². The van der Waals surface area contributed by atoms with Gasteiger partial charge in [-0.25, -0.2) is 4.98 Å². The van der Waals surface area contributed by atoms with Crippen molar-refractivity contribution in [1.82, 2.24) is 4.98 Å². The van der Waals surface area contributed by atoms with E-state index in [2.05, 4.69) is 15.0 Å². The lowest BCUT2D eigenvalue weighted by molar-refractivity contribution is -0.274. The van der Waals surface area contributed by atoms with E-state index >= 15 is 0 Å². The minimum absolute atomic E-state index is 0.219. The second kappa shape index (κ2) is 5.79. The Balaban J connectivity index is 2.63. The lowest BCUT2D eigenvalue weighted by Gasteiger charge is -2.17. The molecule has 0 aliphatic carbocycles. The van der Waals surface area contributed by atoms with Gasteiger partial charge in [0, 0.05) is 23.3 Å². The Morgan fingerprint density at radius 3 is 2.57 bits per heavy atom. The van der Waals surface area contributed by atoms with Crippen LogP contribution in [0.15, 0.2) is 18.2 Å². The number of aromatic nitrogens is 1. The highest BCUT2D eigenvalue weighted by molar-refractivity contribution is 5.96. The fourth-order valence-corrected chi connectivity index (χ4v) is 2.16. The minimum Gasteiger partial charge on any atom is -0.403 e. The molecule has 6 heteroatoms. The number of hydrogen-bond donors (Lipinski definition) is 1. The van der Waals surface area contributed by atoms with Gasteiger partial charge < -0.3 is 10.1 Å². The van der Waals surface area contributed by atoms with Crippen LogP contribution in [0.5, 0.6) is 5.75 Å². The number of nitrogens with one attached hydrogen (secondary N) is 1. The first-order valence-corrected chi connectivity index (χ1v) is 6.73. The maximum atomic E-state index is 12.5. The molecular formula is C15H17F3N2O. The van der Waals surface area contributed by atoms with Crippen molar-refractivity contribution in [2.75, 3.05) is 11.9 Å². The van der Waals surface area contributed by atoms with Gasteiger partial charge in [0.2, 0.25) is 0 Å². The van der Waals surface area contributed by atoms with E-state index in [1.807, 2.05) is 13.8 Å². The molecule has 2 rings (SSSR count). The molecule has 0 saturated heterocycles. The monoisotopic (exact) mass is 298 g/mol. The first-order valence-electron chi connectivity index (χ1n) is 6.73. The summed E-state index contributed by atoms with van der Waals surface area (Å²) in [7, 11) is 0. The maximum Gasteiger partial charge on any atom is 0.573 e. The lowest BCUT2D eigenvalue weighted by Crippen LogP contribution is -2.17. The molecule has 0 aliphatic heterocycles. The number of alkyl halides is 3. The number of benzene rings is 1. The van der Waals surface area contributed by atoms with E-state index in [0.717, 1.165) is 24.2 Å². The minimum atomic E-state index is -4.73. The molecule has 0 fully saturated rings. The largest absolute Gasteiger partial charge is 0.573 e. The van der Waals surface area contributed by atoms with Crippen LogP contribution >= 0.6 is 0 Å². The Hall–Kier alpha value is -1.98. The highest BCUT2D eigenvalue weighted by atomic mass is 19.4. The molecule has 0 saturated carbocycles. The number of rotatable bonds is 4. The summed E-state index contributed by atoms with van der Waals surface area (Å²) >= 11 is 0. The third-order valence-corrected chi connectivity index (χ3v) is 3.24. The van der Waals surface area contributed by atoms with Gasteiger partial charge in [-0.05, 0) is 31.9 Å². The summed E-state index contributed by atoms with van der Waals surface area (Å²) in [5, 5.41) is 3.89. The van der Waals surface area contributed by atoms with Gasteiger partial charge in [0.25, 0.3) is 0 Å². The molecule has 0 aliphatic rings. The van der Waals surface area contributed by atoms with Gasteiger partial charge in [0.05, 0.1) is 0 Å². The SMILES string of the molecule is CCCNc1c(C)c(C)nc2c(OC(F)(F)F)cccc12. The summed E-state index contributed by atoms with van der Waals surface area (Å²) < 4.78 is 41.5. The second-order valence-corrected chi connectivity index (χ2v) is 4.82. The highest BCUT2D eigenvalue weighted by Gasteiger charge is 2.32. The van der Waals surface area contributed by atoms with Gasteiger partial charge in [-0.3, -0.25) is 0 Å². The van der Waals surface area contributed by atoms with Gasteiger partial charge in [0.1, 0.15) is 5.52 Å². The molecule has 3 nitrogen and oxygen atoms in total. The molecule has 114 valence electrons. The van der Waals surface area contributed by atoms with E-state index < -0.39 is 6.36 Å². The first kappa shape index (κ1) is 15.4. The molecule has 21 heavy (non-hydrogen) atoms. The quantitative estimate of drug-likeness (QED) is 0.897. The zero-order valence-corrected chi connectivity index (χ0v) is 12.1. The smallest absolute Gasteiger partial charge is 0.403 e. The van der Waals surface area contributed by atoms with E-state index in [0.29, 0.717) is 11.1 Å². The van der Waals surface area contributed by atoms with Gasteiger partial charge in [-0.1, -0.05) is 19.1 Å². The van der Waals surface area contributed by atoms with Gasteiger partial charge in [0.15, 0.2) is 5.75 Å². The van der Waals surface area contributed by atoms with Crippen molar-refractivity contribution in [2.24, 2.45) is 0 Å². The molecular weight excluding hydrogens is 281 g/mol. The van der Waals surface area contributed by atoms with E-state index in [9.17, 15) is 13.2 Å². The molecule has 0 amide bonds. The predicted octanol–water partition coefficient (Wildman–Crippen LogP) is 4.57. The Kier molecular flexibility index (Phi) is 4.25. The molecule has 0 spiro atoms. The number of nitrogens with zero attached hydrogens (tertiary/aromatic N) is 1. The number of ether oxygens (including phenoxy) is 1. The van der Waals surface area contributed by atoms with Gasteiger partial charge in [-0.2, -0.15) is 0 Å². The predicted molar refractivity (Wildman–Crippen MR) is 76.7 cm³/mol. The Morgan fingerprint density at radius 2 is 1.95 bits per heavy atom. The van der Waals surface area contributed by atoms with Crippen molar-refractivity contribution in [3.63, 3.8) is 0 Å². The van der Waals surface area contributed by atoms with Crippen LogP contribution in [0.1, 0.15) is 24.6 Å². The fraction of sp³-hybridized carbons (Fsp3) is 0.400. The zero-order valence-electron chi connectivity index (χ0n) is 12.1. The molecule has 0 radical (unpaired) electrons. The highest BCUT2D eigenvalue weighted by Crippen LogP contribution is 2.35. The molecule has 1 aromatic heterocycles. The van der Waals surface area contributed by atoms with Crippen molar-refractivity contribution in [3.05, 3.63) is 29.5 Å². The van der Waals surface area contributed by atoms with Gasteiger partial charge in [-0.15, -0.1) is 13.2 Å². The molecule has 2 aromatic rings. The van der Waals surface area contributed by atoms with Crippen LogP contribution in [-0.2, 0) is 0 Å². The van der Waals surface area contributed by atoms with Crippen LogP contribution < -0.4 is 10.1 Å². The summed E-state index contributed by atoms with van der Waals surface area (Å²) in [6.45, 7) is 6.44. The average molecular weight is 298 g/mol. The number of hydrogen-bond acceptors (Lipinski definition) is 3. The molecule has 1 heterocycles. The third kappa shape index (κ3) is 3.37. The summed E-state index contributed by atoms with van der Waals surface area (Å²) in [5.41, 5.74) is 2.64. The molecule has 1 N–H and O–H groups in total. The van der Waals surface area contributed by atoms with Crippen LogP contribution in [0.4, 0.5) is 18.9 Å². The lowest BCUT2D eigenvalue weighted by atomic mass is 10.1. The normalized spacial score (nSPS) is 11.7. The van der Waals surface area contributed by atoms with E-state index in [-0.39, 0.29) is 11.3 Å². The summed E-state index contributed by atoms with van der Waals surface area (Å²) in [5.74, 6) is -0.275. The van der Waals surface area contributed by atoms with Crippen LogP contribution in [0.25, 0.3) is 10.9 Å². The van der Waals surface area contributed by atoms with Crippen molar-refractivity contribution < 1.29 is 17.9 Å². The number of para-hydroxylation sites is 1. The van der Waals surface area contributed by atoms with Crippen molar-refractivity contribution in [1.29, 1.82) is 0 Å². The zero-order chi connectivity index (χ0) is 15.6. The Labute approximate surface area is 121 Å². The second-order valence-electron chi connectivity index (χ2n) is 4.82. The number of halogens is 3. The third-order valence-electron chi connectivity index (χ3n) is 3.24. The Morgan fingerprint density at radius 1 is 1.24 bits per heavy atom. The van der Waals surface area contributed by atoms with Crippen LogP contribution in [-0.4, -0.2) is 17.9 Å². The van der Waals surface area contributed by atoms with Crippen LogP contribution in [0.2, 0.25) is 0 Å². The standard InChI is InChI=1S/C15H17F3N2O/c1-4-8-19-13-9(2)10(3)20-14-11(13)6-5-7-12(14)21-15(16,17)18/h5-7H,4,8H2,1-3H3,(H,19,20). The molecule has 0 bridgehead atoms. The van der Waals surface area contributed by atoms with Gasteiger partial charge >= 0.3 is 6.36 Å². The van der Waals surface area contributed by atoms with E-state index in [1.165, 1.54) is 12.1 Å². The average Bonchev–Trinajstić information content (AvgIpc) is 2.39. The Bertz CT molecular complexity index is 653. The fourth-order valence-electron chi connectivity index (χ4n) is 2.16. The van der Waals surface area contributed by atoms with E-state index in [1.54, 1.807) is 13.0 Å². The topological polar surface area (TPSA) is 34.2 Å². The number of pyridine rings is 1. The van der Waals surface area contributed by atoms with Crippen LogP contribution in [0.3, 0.4) is 0 Å². The van der Waals surface area contributed by atoms with Crippen molar-refractivity contribution in [2.45, 2.75) is 33.6 Å². The molecule has 0 unspecified atom stereocenters. The maximum absolute atomic E-state index is 12.5. The number of anilines is 1. The van der Waals surface area contributed by atoms with Crippen molar-refractivity contribution in [3.8, 4) is 5.75 Å². The summed E-state index contributed by atoms with van der Waals surface area (Å²) in [4.78, 5) is 4.26. The first-order chi connectivity index (χ1) is 9.83. The van der Waals surface area contributed by atoms with E-state index in [4.69, 9.17) is 0 Å². The summed E-state index contributed by atoms with van der Waals surface area (Å²) in [6.07, 6.45) is -3.81. The number of fused-ring (bicyclic) bond motifs is 1. The molecule has 0 atom stereocenters.